The van der Waals surface area contributed by atoms with Crippen LogP contribution in [0.1, 0.15) is 24.0 Å². The highest BCUT2D eigenvalue weighted by atomic mass is 16.7. The van der Waals surface area contributed by atoms with Gasteiger partial charge in [0.15, 0.2) is 0 Å². The van der Waals surface area contributed by atoms with E-state index in [1.165, 1.54) is 0 Å². The molecule has 0 unspecified atom stereocenters. The van der Waals surface area contributed by atoms with Gasteiger partial charge in [0.05, 0.1) is 6.42 Å². The van der Waals surface area contributed by atoms with E-state index in [1.54, 1.807) is 24.3 Å². The van der Waals surface area contributed by atoms with Gasteiger partial charge in [0.1, 0.15) is 0 Å². The molecule has 1 fully saturated rings. The average Bonchev–Trinajstić information content (AvgIpc) is 2.64. The number of imide groups is 1. The molecule has 1 aliphatic heterocycles. The molecule has 1 saturated heterocycles. The van der Waals surface area contributed by atoms with Crippen LogP contribution in [0, 0.1) is 6.92 Å². The topological polar surface area (TPSA) is 63.7 Å². The zero-order valence-electron chi connectivity index (χ0n) is 9.72. The standard InChI is InChI=1S/C13H12NO4/c1-9-2-4-10(5-3-9)8-13(17)18-14-11(15)6-7-12(14)16/h2-5H,1,6-8H2/q-1. The summed E-state index contributed by atoms with van der Waals surface area (Å²) in [4.78, 5) is 38.8. The molecule has 0 radical (unpaired) electrons. The highest BCUT2D eigenvalue weighted by molar-refractivity contribution is 6.01. The number of nitrogens with zero attached hydrogens (tertiary/aromatic N) is 1. The molecular weight excluding hydrogens is 234 g/mol. The summed E-state index contributed by atoms with van der Waals surface area (Å²) in [5.74, 6) is -1.57. The van der Waals surface area contributed by atoms with Crippen LogP contribution in [-0.4, -0.2) is 22.8 Å². The fourth-order valence-electron chi connectivity index (χ4n) is 1.62. The van der Waals surface area contributed by atoms with E-state index in [0.717, 1.165) is 11.1 Å². The number of hydroxylamine groups is 2. The normalized spacial score (nSPS) is 15.0. The molecule has 0 spiro atoms. The minimum atomic E-state index is -0.629. The lowest BCUT2D eigenvalue weighted by Gasteiger charge is -2.13. The third-order valence-electron chi connectivity index (χ3n) is 2.57. The van der Waals surface area contributed by atoms with Gasteiger partial charge < -0.3 is 4.84 Å². The minimum absolute atomic E-state index is 0.0112. The van der Waals surface area contributed by atoms with E-state index >= 15 is 0 Å². The number of carbonyl (C=O) groups is 3. The lowest BCUT2D eigenvalue weighted by Crippen LogP contribution is -2.32. The van der Waals surface area contributed by atoms with Crippen LogP contribution in [0.5, 0.6) is 0 Å². The van der Waals surface area contributed by atoms with Crippen LogP contribution in [-0.2, 0) is 25.6 Å². The van der Waals surface area contributed by atoms with Gasteiger partial charge in [0.25, 0.3) is 11.8 Å². The van der Waals surface area contributed by atoms with Gasteiger partial charge in [-0.2, -0.15) is 24.6 Å². The Kier molecular flexibility index (Phi) is 3.32. The summed E-state index contributed by atoms with van der Waals surface area (Å²) in [7, 11) is 0. The van der Waals surface area contributed by atoms with Crippen molar-refractivity contribution in [2.75, 3.05) is 0 Å². The van der Waals surface area contributed by atoms with Crippen molar-refractivity contribution in [3.63, 3.8) is 0 Å². The summed E-state index contributed by atoms with van der Waals surface area (Å²) >= 11 is 0. The largest absolute Gasteiger partial charge is 0.337 e. The van der Waals surface area contributed by atoms with Crippen molar-refractivity contribution < 1.29 is 19.2 Å². The number of carbonyl (C=O) groups excluding carboxylic acids is 3. The first-order valence-corrected chi connectivity index (χ1v) is 5.54. The summed E-state index contributed by atoms with van der Waals surface area (Å²) < 4.78 is 0. The Hall–Kier alpha value is -2.30. The molecule has 1 aromatic carbocycles. The molecule has 0 N–H and O–H groups in total. The van der Waals surface area contributed by atoms with Gasteiger partial charge in [0, 0.05) is 12.8 Å². The van der Waals surface area contributed by atoms with E-state index in [9.17, 15) is 14.4 Å². The van der Waals surface area contributed by atoms with Crippen molar-refractivity contribution in [2.45, 2.75) is 19.3 Å². The van der Waals surface area contributed by atoms with Gasteiger partial charge in [-0.05, 0) is 0 Å². The van der Waals surface area contributed by atoms with Crippen molar-refractivity contribution >= 4 is 17.8 Å². The molecule has 0 saturated carbocycles. The summed E-state index contributed by atoms with van der Waals surface area (Å²) in [6, 6.07) is 7.04. The summed E-state index contributed by atoms with van der Waals surface area (Å²) in [6.07, 6.45) is 0.210. The summed E-state index contributed by atoms with van der Waals surface area (Å²) in [6.45, 7) is 3.73. The van der Waals surface area contributed by atoms with Gasteiger partial charge in [0.2, 0.25) is 0 Å². The van der Waals surface area contributed by atoms with Gasteiger partial charge in [-0.1, -0.05) is 5.56 Å². The quantitative estimate of drug-likeness (QED) is 0.590. The third kappa shape index (κ3) is 2.68. The number of benzene rings is 1. The fourth-order valence-corrected chi connectivity index (χ4v) is 1.62. The van der Waals surface area contributed by atoms with E-state index in [0.29, 0.717) is 5.06 Å². The van der Waals surface area contributed by atoms with E-state index < -0.39 is 17.8 Å². The highest BCUT2D eigenvalue weighted by Gasteiger charge is 2.32. The molecule has 2 rings (SSSR count). The minimum Gasteiger partial charge on any atom is -0.330 e. The molecule has 94 valence electrons. The fraction of sp³-hybridized carbons (Fsp3) is 0.231. The van der Waals surface area contributed by atoms with E-state index in [-0.39, 0.29) is 19.3 Å². The Balaban J connectivity index is 1.94. The van der Waals surface area contributed by atoms with Crippen molar-refractivity contribution in [1.82, 2.24) is 5.06 Å². The van der Waals surface area contributed by atoms with E-state index in [4.69, 9.17) is 4.84 Å². The number of rotatable bonds is 3. The molecule has 1 aliphatic rings. The van der Waals surface area contributed by atoms with E-state index in [1.807, 2.05) is 0 Å². The molecule has 0 atom stereocenters. The Morgan fingerprint density at radius 1 is 1.17 bits per heavy atom. The molecule has 0 aliphatic carbocycles. The second-order valence-electron chi connectivity index (χ2n) is 4.04. The van der Waals surface area contributed by atoms with E-state index in [2.05, 4.69) is 6.92 Å². The van der Waals surface area contributed by atoms with Gasteiger partial charge in [-0.25, -0.2) is 4.79 Å². The Labute approximate surface area is 104 Å². The van der Waals surface area contributed by atoms with Gasteiger partial charge in [-0.3, -0.25) is 9.59 Å². The number of hydrogen-bond acceptors (Lipinski definition) is 4. The molecule has 18 heavy (non-hydrogen) atoms. The lowest BCUT2D eigenvalue weighted by atomic mass is 10.1. The zero-order chi connectivity index (χ0) is 13.1. The summed E-state index contributed by atoms with van der Waals surface area (Å²) in [5, 5.41) is 0.554. The molecule has 0 bridgehead atoms. The molecule has 5 heteroatoms. The van der Waals surface area contributed by atoms with Crippen LogP contribution < -0.4 is 0 Å². The molecule has 5 nitrogen and oxygen atoms in total. The SMILES string of the molecule is [CH2-]c1ccc(CC(=O)ON2C(=O)CCC2=O)cc1. The highest BCUT2D eigenvalue weighted by Crippen LogP contribution is 2.13. The predicted molar refractivity (Wildman–Crippen MR) is 61.8 cm³/mol. The molecule has 1 heterocycles. The van der Waals surface area contributed by atoms with Crippen LogP contribution in [0.15, 0.2) is 24.3 Å². The van der Waals surface area contributed by atoms with Crippen LogP contribution in [0.2, 0.25) is 0 Å². The van der Waals surface area contributed by atoms with Crippen molar-refractivity contribution in [1.29, 1.82) is 0 Å². The molecular formula is C13H12NO4-. The first-order chi connectivity index (χ1) is 8.56. The maximum Gasteiger partial charge on any atom is 0.337 e. The first kappa shape index (κ1) is 12.2. The average molecular weight is 246 g/mol. The molecule has 2 amide bonds. The Morgan fingerprint density at radius 3 is 2.28 bits per heavy atom. The van der Waals surface area contributed by atoms with Gasteiger partial charge in [-0.15, -0.1) is 17.2 Å². The van der Waals surface area contributed by atoms with Crippen LogP contribution >= 0.6 is 0 Å². The second kappa shape index (κ2) is 4.91. The molecule has 1 aromatic rings. The second-order valence-corrected chi connectivity index (χ2v) is 4.04. The van der Waals surface area contributed by atoms with Crippen LogP contribution in [0.4, 0.5) is 0 Å². The van der Waals surface area contributed by atoms with Crippen LogP contribution in [0.25, 0.3) is 0 Å². The van der Waals surface area contributed by atoms with Crippen molar-refractivity contribution in [3.8, 4) is 0 Å². The maximum absolute atomic E-state index is 11.6. The summed E-state index contributed by atoms with van der Waals surface area (Å²) in [5.41, 5.74) is 1.59. The van der Waals surface area contributed by atoms with Crippen molar-refractivity contribution in [2.24, 2.45) is 0 Å². The third-order valence-corrected chi connectivity index (χ3v) is 2.57. The van der Waals surface area contributed by atoms with Crippen molar-refractivity contribution in [3.05, 3.63) is 42.3 Å². The number of hydrogen-bond donors (Lipinski definition) is 0. The Bertz CT molecular complexity index is 476. The Morgan fingerprint density at radius 2 is 1.72 bits per heavy atom. The lowest BCUT2D eigenvalue weighted by molar-refractivity contribution is -0.197. The monoisotopic (exact) mass is 246 g/mol. The van der Waals surface area contributed by atoms with Crippen LogP contribution in [0.3, 0.4) is 0 Å². The first-order valence-electron chi connectivity index (χ1n) is 5.54. The predicted octanol–water partition coefficient (Wildman–Crippen LogP) is 1.02. The number of amides is 2. The zero-order valence-corrected chi connectivity index (χ0v) is 9.72. The smallest absolute Gasteiger partial charge is 0.330 e. The van der Waals surface area contributed by atoms with Gasteiger partial charge >= 0.3 is 5.97 Å². The molecule has 0 aromatic heterocycles. The maximum atomic E-state index is 11.6.